The first-order valence-electron chi connectivity index (χ1n) is 9.16. The van der Waals surface area contributed by atoms with Crippen molar-refractivity contribution in [1.29, 1.82) is 0 Å². The van der Waals surface area contributed by atoms with Gasteiger partial charge in [-0.3, -0.25) is 19.0 Å². The van der Waals surface area contributed by atoms with E-state index < -0.39 is 0 Å². The number of aromatic hydroxyl groups is 1. The number of amides is 2. The third kappa shape index (κ3) is 4.80. The SMILES string of the molecule is Cc1sc2ncn(CCC(=O)NCCNC(=O)c3ccc(O)cc3)c(=O)c2c1C. The van der Waals surface area contributed by atoms with E-state index in [4.69, 9.17) is 0 Å². The standard InChI is InChI=1S/C20H22N4O4S/c1-12-13(2)29-19-17(12)20(28)24(11-23-19)10-7-16(26)21-8-9-22-18(27)14-3-5-15(25)6-4-14/h3-6,11,25H,7-10H2,1-2H3,(H,21,26)(H,22,27). The van der Waals surface area contributed by atoms with Gasteiger partial charge in [-0.25, -0.2) is 4.98 Å². The fourth-order valence-corrected chi connectivity index (χ4v) is 3.82. The van der Waals surface area contributed by atoms with E-state index in [1.54, 1.807) is 0 Å². The molecule has 0 radical (unpaired) electrons. The van der Waals surface area contributed by atoms with Crippen LogP contribution in [0.3, 0.4) is 0 Å². The number of rotatable bonds is 7. The van der Waals surface area contributed by atoms with Gasteiger partial charge in [-0.05, 0) is 43.7 Å². The molecule has 2 heterocycles. The van der Waals surface area contributed by atoms with E-state index in [0.29, 0.717) is 10.9 Å². The average Bonchev–Trinajstić information content (AvgIpc) is 2.99. The van der Waals surface area contributed by atoms with Gasteiger partial charge < -0.3 is 15.7 Å². The summed E-state index contributed by atoms with van der Waals surface area (Å²) in [5, 5.41) is 15.2. The first-order valence-corrected chi connectivity index (χ1v) is 9.97. The zero-order valence-corrected chi connectivity index (χ0v) is 17.0. The Morgan fingerprint density at radius 3 is 2.55 bits per heavy atom. The lowest BCUT2D eigenvalue weighted by Gasteiger charge is -2.08. The Labute approximate surface area is 171 Å². The molecule has 0 unspecified atom stereocenters. The van der Waals surface area contributed by atoms with Crippen LogP contribution in [0.4, 0.5) is 0 Å². The highest BCUT2D eigenvalue weighted by Gasteiger charge is 2.12. The van der Waals surface area contributed by atoms with Crippen LogP contribution in [0.5, 0.6) is 5.75 Å². The Bertz CT molecular complexity index is 1100. The van der Waals surface area contributed by atoms with Crippen LogP contribution in [-0.2, 0) is 11.3 Å². The predicted molar refractivity (Wildman–Crippen MR) is 111 cm³/mol. The maximum absolute atomic E-state index is 12.6. The molecule has 1 aromatic carbocycles. The molecule has 2 aromatic heterocycles. The van der Waals surface area contributed by atoms with Crippen molar-refractivity contribution in [3.63, 3.8) is 0 Å². The van der Waals surface area contributed by atoms with Crippen LogP contribution in [0.15, 0.2) is 35.4 Å². The second-order valence-electron chi connectivity index (χ2n) is 6.61. The molecule has 0 atom stereocenters. The number of aryl methyl sites for hydroxylation is 3. The monoisotopic (exact) mass is 414 g/mol. The van der Waals surface area contributed by atoms with Crippen molar-refractivity contribution in [3.05, 3.63) is 57.0 Å². The molecular formula is C20H22N4O4S. The topological polar surface area (TPSA) is 113 Å². The van der Waals surface area contributed by atoms with Crippen molar-refractivity contribution in [1.82, 2.24) is 20.2 Å². The summed E-state index contributed by atoms with van der Waals surface area (Å²) >= 11 is 1.49. The van der Waals surface area contributed by atoms with Crippen LogP contribution >= 0.6 is 11.3 Å². The lowest BCUT2D eigenvalue weighted by atomic mass is 10.2. The highest BCUT2D eigenvalue weighted by Crippen LogP contribution is 2.25. The highest BCUT2D eigenvalue weighted by atomic mass is 32.1. The van der Waals surface area contributed by atoms with Gasteiger partial charge in [0.25, 0.3) is 11.5 Å². The normalized spacial score (nSPS) is 10.8. The zero-order chi connectivity index (χ0) is 21.0. The number of aromatic nitrogens is 2. The number of phenolic OH excluding ortho intramolecular Hbond substituents is 1. The molecule has 3 aromatic rings. The van der Waals surface area contributed by atoms with Gasteiger partial charge >= 0.3 is 0 Å². The number of nitrogens with one attached hydrogen (secondary N) is 2. The molecule has 0 fully saturated rings. The number of carbonyl (C=O) groups excluding carboxylic acids is 2. The van der Waals surface area contributed by atoms with Gasteiger partial charge in [0.1, 0.15) is 10.6 Å². The van der Waals surface area contributed by atoms with Gasteiger partial charge in [0.15, 0.2) is 0 Å². The second-order valence-corrected chi connectivity index (χ2v) is 7.81. The first-order chi connectivity index (χ1) is 13.9. The minimum atomic E-state index is -0.286. The molecule has 8 nitrogen and oxygen atoms in total. The Morgan fingerprint density at radius 1 is 1.14 bits per heavy atom. The second kappa shape index (κ2) is 8.87. The van der Waals surface area contributed by atoms with E-state index in [0.717, 1.165) is 15.3 Å². The van der Waals surface area contributed by atoms with Crippen LogP contribution in [0.25, 0.3) is 10.2 Å². The molecular weight excluding hydrogens is 392 g/mol. The Hall–Kier alpha value is -3.20. The molecule has 0 saturated heterocycles. The number of hydrogen-bond donors (Lipinski definition) is 3. The summed E-state index contributed by atoms with van der Waals surface area (Å²) in [5.41, 5.74) is 1.23. The van der Waals surface area contributed by atoms with Crippen LogP contribution < -0.4 is 16.2 Å². The quantitative estimate of drug-likeness (QED) is 0.510. The van der Waals surface area contributed by atoms with Gasteiger partial charge in [0.05, 0.1) is 11.7 Å². The fraction of sp³-hybridized carbons (Fsp3) is 0.300. The number of thiophene rings is 1. The Balaban J connectivity index is 1.46. The predicted octanol–water partition coefficient (Wildman–Crippen LogP) is 1.72. The van der Waals surface area contributed by atoms with Gasteiger partial charge in [-0.2, -0.15) is 0 Å². The van der Waals surface area contributed by atoms with Crippen LogP contribution in [-0.4, -0.2) is 39.6 Å². The minimum absolute atomic E-state index is 0.0894. The molecule has 3 N–H and O–H groups in total. The van der Waals surface area contributed by atoms with Crippen molar-refractivity contribution in [2.75, 3.05) is 13.1 Å². The van der Waals surface area contributed by atoms with E-state index >= 15 is 0 Å². The van der Waals surface area contributed by atoms with E-state index in [1.807, 2.05) is 13.8 Å². The van der Waals surface area contributed by atoms with Crippen molar-refractivity contribution >= 4 is 33.4 Å². The lowest BCUT2D eigenvalue weighted by molar-refractivity contribution is -0.121. The number of phenols is 1. The number of fused-ring (bicyclic) bond motifs is 1. The van der Waals surface area contributed by atoms with Crippen molar-refractivity contribution < 1.29 is 14.7 Å². The van der Waals surface area contributed by atoms with Crippen LogP contribution in [0.2, 0.25) is 0 Å². The molecule has 3 rings (SSSR count). The Morgan fingerprint density at radius 2 is 1.83 bits per heavy atom. The number of carbonyl (C=O) groups is 2. The minimum Gasteiger partial charge on any atom is -0.508 e. The van der Waals surface area contributed by atoms with Gasteiger partial charge in [-0.15, -0.1) is 11.3 Å². The Kier molecular flexibility index (Phi) is 6.28. The molecule has 0 aliphatic heterocycles. The lowest BCUT2D eigenvalue weighted by Crippen LogP contribution is -2.35. The zero-order valence-electron chi connectivity index (χ0n) is 16.2. The molecule has 0 aliphatic rings. The smallest absolute Gasteiger partial charge is 0.262 e. The summed E-state index contributed by atoms with van der Waals surface area (Å²) in [6, 6.07) is 5.90. The molecule has 0 bridgehead atoms. The average molecular weight is 414 g/mol. The van der Waals surface area contributed by atoms with Crippen LogP contribution in [0.1, 0.15) is 27.2 Å². The fourth-order valence-electron chi connectivity index (χ4n) is 2.83. The van der Waals surface area contributed by atoms with E-state index in [9.17, 15) is 19.5 Å². The first kappa shape index (κ1) is 20.5. The summed E-state index contributed by atoms with van der Waals surface area (Å²) in [5.74, 6) is -0.410. The molecule has 29 heavy (non-hydrogen) atoms. The molecule has 9 heteroatoms. The van der Waals surface area contributed by atoms with Crippen molar-refractivity contribution in [3.8, 4) is 5.75 Å². The summed E-state index contributed by atoms with van der Waals surface area (Å²) in [6.45, 7) is 4.64. The van der Waals surface area contributed by atoms with E-state index in [1.165, 1.54) is 46.5 Å². The molecule has 0 aliphatic carbocycles. The molecule has 0 spiro atoms. The summed E-state index contributed by atoms with van der Waals surface area (Å²) in [6.07, 6.45) is 1.62. The number of nitrogens with zero attached hydrogens (tertiary/aromatic N) is 2. The highest BCUT2D eigenvalue weighted by molar-refractivity contribution is 7.18. The third-order valence-corrected chi connectivity index (χ3v) is 5.71. The van der Waals surface area contributed by atoms with Crippen molar-refractivity contribution in [2.45, 2.75) is 26.8 Å². The van der Waals surface area contributed by atoms with E-state index in [2.05, 4.69) is 15.6 Å². The van der Waals surface area contributed by atoms with Gasteiger partial charge in [0, 0.05) is 36.5 Å². The summed E-state index contributed by atoms with van der Waals surface area (Å²) in [7, 11) is 0. The van der Waals surface area contributed by atoms with Gasteiger partial charge in [0.2, 0.25) is 5.91 Å². The molecule has 152 valence electrons. The van der Waals surface area contributed by atoms with Crippen molar-refractivity contribution in [2.24, 2.45) is 0 Å². The van der Waals surface area contributed by atoms with Gasteiger partial charge in [-0.1, -0.05) is 0 Å². The van der Waals surface area contributed by atoms with E-state index in [-0.39, 0.29) is 49.2 Å². The maximum atomic E-state index is 12.6. The largest absolute Gasteiger partial charge is 0.508 e. The molecule has 2 amide bonds. The summed E-state index contributed by atoms with van der Waals surface area (Å²) in [4.78, 5) is 42.7. The number of hydrogen-bond acceptors (Lipinski definition) is 6. The maximum Gasteiger partial charge on any atom is 0.262 e. The van der Waals surface area contributed by atoms with Crippen LogP contribution in [0, 0.1) is 13.8 Å². The number of benzene rings is 1. The third-order valence-electron chi connectivity index (χ3n) is 4.60. The summed E-state index contributed by atoms with van der Waals surface area (Å²) < 4.78 is 1.45. The molecule has 0 saturated carbocycles.